The second kappa shape index (κ2) is 13.2. The van der Waals surface area contributed by atoms with Gasteiger partial charge < -0.3 is 0 Å². The van der Waals surface area contributed by atoms with Gasteiger partial charge in [0.15, 0.2) is 0 Å². The first-order valence-corrected chi connectivity index (χ1v) is 15.3. The molecule has 0 aliphatic rings. The molecule has 0 fully saturated rings. The summed E-state index contributed by atoms with van der Waals surface area (Å²) in [4.78, 5) is 26.1. The standard InChI is InChI=1S/C26H46NO3P/c1-6-10-18-31(19-11-7-2,20-12-8-3,21-13-9-4)24-17-15-14-16-23(24)26(30)27(5)22-25(28)29/h14-17H,6-13,18-22H2,1-5H3,(H,28,29). The van der Waals surface area contributed by atoms with Crippen LogP contribution in [0.5, 0.6) is 0 Å². The van der Waals surface area contributed by atoms with Crippen LogP contribution in [0.3, 0.4) is 0 Å². The molecule has 1 N–H and O–H groups in total. The molecule has 0 unspecified atom stereocenters. The first-order chi connectivity index (χ1) is 14.8. The van der Waals surface area contributed by atoms with Crippen LogP contribution >= 0.6 is 6.60 Å². The van der Waals surface area contributed by atoms with E-state index in [4.69, 9.17) is 0 Å². The van der Waals surface area contributed by atoms with Gasteiger partial charge in [0, 0.05) is 0 Å². The maximum atomic E-state index is 13.5. The van der Waals surface area contributed by atoms with Crippen LogP contribution in [0.15, 0.2) is 24.3 Å². The number of rotatable bonds is 16. The van der Waals surface area contributed by atoms with E-state index in [2.05, 4.69) is 39.8 Å². The number of carboxylic acids is 1. The molecule has 0 bridgehead atoms. The number of carbonyl (C=O) groups excluding carboxylic acids is 1. The molecule has 1 rings (SSSR count). The molecule has 0 aliphatic carbocycles. The average Bonchev–Trinajstić information content (AvgIpc) is 2.77. The Hall–Kier alpha value is -1.41. The molecule has 1 amide bonds. The number of carboxylic acid groups (broad SMARTS) is 1. The third kappa shape index (κ3) is 7.04. The number of amides is 1. The SMILES string of the molecule is CCCCP(CCCC)(CCCC)(CCCC)c1ccccc1C(=O)N(C)CC(=O)O. The van der Waals surface area contributed by atoms with Crippen LogP contribution in [0.4, 0.5) is 0 Å². The number of hydrogen-bond donors (Lipinski definition) is 1. The van der Waals surface area contributed by atoms with Gasteiger partial charge in [-0.1, -0.05) is 0 Å². The summed E-state index contributed by atoms with van der Waals surface area (Å²) >= 11 is 0. The normalized spacial score (nSPS) is 12.9. The molecular weight excluding hydrogens is 405 g/mol. The second-order valence-electron chi connectivity index (χ2n) is 9.35. The molecule has 0 saturated heterocycles. The molecule has 31 heavy (non-hydrogen) atoms. The Kier molecular flexibility index (Phi) is 11.8. The van der Waals surface area contributed by atoms with E-state index >= 15 is 0 Å². The summed E-state index contributed by atoms with van der Waals surface area (Å²) in [6, 6.07) is 8.22. The van der Waals surface area contributed by atoms with Crippen LogP contribution in [0.2, 0.25) is 0 Å². The summed E-state index contributed by atoms with van der Waals surface area (Å²) in [6.07, 6.45) is 14.3. The minimum atomic E-state index is -2.40. The summed E-state index contributed by atoms with van der Waals surface area (Å²) in [7, 11) is 1.61. The summed E-state index contributed by atoms with van der Waals surface area (Å²) in [5, 5.41) is 10.5. The van der Waals surface area contributed by atoms with E-state index in [0.29, 0.717) is 0 Å². The van der Waals surface area contributed by atoms with Gasteiger partial charge in [0.05, 0.1) is 0 Å². The number of benzene rings is 1. The first kappa shape index (κ1) is 27.6. The van der Waals surface area contributed by atoms with Crippen molar-refractivity contribution >= 4 is 23.8 Å². The third-order valence-electron chi connectivity index (χ3n) is 6.93. The van der Waals surface area contributed by atoms with Crippen molar-refractivity contribution in [3.63, 3.8) is 0 Å². The second-order valence-corrected chi connectivity index (χ2v) is 15.6. The fraction of sp³-hybridized carbons (Fsp3) is 0.692. The summed E-state index contributed by atoms with van der Waals surface area (Å²) < 4.78 is 0. The van der Waals surface area contributed by atoms with E-state index in [1.807, 2.05) is 12.1 Å². The number of likely N-dealkylation sites (N-methyl/N-ethyl adjacent to an activating group) is 1. The van der Waals surface area contributed by atoms with E-state index in [1.54, 1.807) is 7.05 Å². The van der Waals surface area contributed by atoms with Crippen LogP contribution in [0.1, 0.15) is 89.4 Å². The fourth-order valence-corrected chi connectivity index (χ4v) is 13.4. The topological polar surface area (TPSA) is 57.6 Å². The van der Waals surface area contributed by atoms with Gasteiger partial charge in [0.2, 0.25) is 0 Å². The predicted molar refractivity (Wildman–Crippen MR) is 137 cm³/mol. The third-order valence-corrected chi connectivity index (χ3v) is 14.6. The van der Waals surface area contributed by atoms with E-state index < -0.39 is 12.6 Å². The van der Waals surface area contributed by atoms with E-state index in [0.717, 1.165) is 31.2 Å². The van der Waals surface area contributed by atoms with Crippen molar-refractivity contribution in [2.75, 3.05) is 38.2 Å². The predicted octanol–water partition coefficient (Wildman–Crippen LogP) is 6.22. The van der Waals surface area contributed by atoms with Gasteiger partial charge in [0.1, 0.15) is 0 Å². The van der Waals surface area contributed by atoms with Crippen molar-refractivity contribution in [1.29, 1.82) is 0 Å². The number of hydrogen-bond acceptors (Lipinski definition) is 2. The van der Waals surface area contributed by atoms with Crippen LogP contribution in [-0.2, 0) is 4.79 Å². The van der Waals surface area contributed by atoms with Gasteiger partial charge >= 0.3 is 191 Å². The molecule has 178 valence electrons. The Labute approximate surface area is 190 Å². The van der Waals surface area contributed by atoms with Crippen molar-refractivity contribution in [3.05, 3.63) is 29.8 Å². The molecule has 0 spiro atoms. The first-order valence-electron chi connectivity index (χ1n) is 12.4. The summed E-state index contributed by atoms with van der Waals surface area (Å²) in [5.41, 5.74) is 0.753. The van der Waals surface area contributed by atoms with Crippen LogP contribution in [-0.4, -0.2) is 60.1 Å². The molecule has 5 heteroatoms. The Morgan fingerprint density at radius 2 is 1.23 bits per heavy atom. The number of nitrogens with zero attached hydrogens (tertiary/aromatic N) is 1. The van der Waals surface area contributed by atoms with Crippen molar-refractivity contribution in [3.8, 4) is 0 Å². The molecule has 0 aliphatic heterocycles. The molecule has 0 radical (unpaired) electrons. The molecule has 4 nitrogen and oxygen atoms in total. The van der Waals surface area contributed by atoms with E-state index in [-0.39, 0.29) is 12.5 Å². The zero-order valence-corrected chi connectivity index (χ0v) is 21.6. The number of carbonyl (C=O) groups is 2. The monoisotopic (exact) mass is 451 g/mol. The molecule has 0 heterocycles. The number of aliphatic carboxylic acids is 1. The maximum absolute atomic E-state index is 13.5. The number of unbranched alkanes of at least 4 members (excludes halogenated alkanes) is 4. The molecule has 1 aromatic carbocycles. The molecular formula is C26H46NO3P. The average molecular weight is 452 g/mol. The van der Waals surface area contributed by atoms with Crippen LogP contribution < -0.4 is 5.30 Å². The summed E-state index contributed by atoms with van der Waals surface area (Å²) in [5.74, 6) is -1.12. The Balaban J connectivity index is 3.76. The Morgan fingerprint density at radius 1 is 0.806 bits per heavy atom. The van der Waals surface area contributed by atoms with Crippen molar-refractivity contribution in [1.82, 2.24) is 4.90 Å². The van der Waals surface area contributed by atoms with Crippen LogP contribution in [0, 0.1) is 0 Å². The Morgan fingerprint density at radius 3 is 1.61 bits per heavy atom. The van der Waals surface area contributed by atoms with Crippen LogP contribution in [0.25, 0.3) is 0 Å². The van der Waals surface area contributed by atoms with Gasteiger partial charge in [-0.2, -0.15) is 0 Å². The van der Waals surface area contributed by atoms with Gasteiger partial charge in [0.25, 0.3) is 0 Å². The van der Waals surface area contributed by atoms with Gasteiger partial charge in [-0.05, 0) is 0 Å². The van der Waals surface area contributed by atoms with Crippen molar-refractivity contribution < 1.29 is 14.7 Å². The van der Waals surface area contributed by atoms with E-state index in [9.17, 15) is 14.7 Å². The van der Waals surface area contributed by atoms with Gasteiger partial charge in [-0.25, -0.2) is 0 Å². The van der Waals surface area contributed by atoms with E-state index in [1.165, 1.54) is 60.5 Å². The zero-order valence-electron chi connectivity index (χ0n) is 20.7. The van der Waals surface area contributed by atoms with Gasteiger partial charge in [-0.15, -0.1) is 0 Å². The summed E-state index contributed by atoms with van der Waals surface area (Å²) in [6.45, 7) is 6.40. The minimum absolute atomic E-state index is 0.145. The quantitative estimate of drug-likeness (QED) is 0.303. The molecule has 0 aromatic heterocycles. The molecule has 0 atom stereocenters. The van der Waals surface area contributed by atoms with Gasteiger partial charge in [-0.3, -0.25) is 0 Å². The zero-order chi connectivity index (χ0) is 23.4. The Bertz CT molecular complexity index is 660. The van der Waals surface area contributed by atoms with Crippen molar-refractivity contribution in [2.45, 2.75) is 79.1 Å². The fourth-order valence-electron chi connectivity index (χ4n) is 5.13. The van der Waals surface area contributed by atoms with Crippen molar-refractivity contribution in [2.24, 2.45) is 0 Å². The molecule has 1 aromatic rings. The molecule has 0 saturated carbocycles.